The number of benzene rings is 2. The molecule has 0 radical (unpaired) electrons. The molecule has 0 saturated carbocycles. The van der Waals surface area contributed by atoms with Gasteiger partial charge in [0.15, 0.2) is 0 Å². The van der Waals surface area contributed by atoms with Crippen LogP contribution in [0.25, 0.3) is 0 Å². The van der Waals surface area contributed by atoms with Gasteiger partial charge < -0.3 is 10.1 Å². The predicted octanol–water partition coefficient (Wildman–Crippen LogP) is 5.08. The lowest BCUT2D eigenvalue weighted by Crippen LogP contribution is -2.01. The molecule has 0 aromatic heterocycles. The highest BCUT2D eigenvalue weighted by molar-refractivity contribution is 9.10. The largest absolute Gasteiger partial charge is 0.494 e. The van der Waals surface area contributed by atoms with Gasteiger partial charge in [-0.05, 0) is 61.7 Å². The summed E-state index contributed by atoms with van der Waals surface area (Å²) in [4.78, 5) is 0. The van der Waals surface area contributed by atoms with E-state index in [1.807, 2.05) is 19.1 Å². The Morgan fingerprint density at radius 1 is 1.10 bits per heavy atom. The van der Waals surface area contributed by atoms with Gasteiger partial charge in [0.25, 0.3) is 0 Å². The summed E-state index contributed by atoms with van der Waals surface area (Å²) < 4.78 is 6.70. The van der Waals surface area contributed by atoms with Crippen molar-refractivity contribution in [3.8, 4) is 5.75 Å². The van der Waals surface area contributed by atoms with Crippen molar-refractivity contribution in [2.24, 2.45) is 0 Å². The van der Waals surface area contributed by atoms with Gasteiger partial charge >= 0.3 is 0 Å². The summed E-state index contributed by atoms with van der Waals surface area (Å²) in [6.07, 6.45) is 0. The van der Waals surface area contributed by atoms with E-state index in [1.54, 1.807) is 0 Å². The van der Waals surface area contributed by atoms with Gasteiger partial charge in [0.2, 0.25) is 0 Å². The minimum Gasteiger partial charge on any atom is -0.494 e. The topological polar surface area (TPSA) is 21.3 Å². The van der Waals surface area contributed by atoms with Crippen LogP contribution in [0.1, 0.15) is 23.6 Å². The van der Waals surface area contributed by atoms with Crippen molar-refractivity contribution in [1.82, 2.24) is 0 Å². The molecule has 0 fully saturated rings. The van der Waals surface area contributed by atoms with Crippen LogP contribution in [-0.2, 0) is 6.54 Å². The van der Waals surface area contributed by atoms with E-state index in [4.69, 9.17) is 4.74 Å². The van der Waals surface area contributed by atoms with Crippen molar-refractivity contribution in [1.29, 1.82) is 0 Å². The second-order valence-corrected chi connectivity index (χ2v) is 5.65. The van der Waals surface area contributed by atoms with E-state index in [9.17, 15) is 0 Å². The maximum absolute atomic E-state index is 5.52. The molecule has 2 aromatic carbocycles. The van der Waals surface area contributed by atoms with Crippen LogP contribution in [0, 0.1) is 13.8 Å². The molecule has 0 atom stereocenters. The van der Waals surface area contributed by atoms with Crippen LogP contribution in [0.4, 0.5) is 5.69 Å². The fourth-order valence-corrected chi connectivity index (χ4v) is 2.39. The van der Waals surface area contributed by atoms with Crippen molar-refractivity contribution in [2.75, 3.05) is 11.9 Å². The third-order valence-corrected chi connectivity index (χ3v) is 4.39. The number of halogens is 1. The quantitative estimate of drug-likeness (QED) is 0.824. The number of ether oxygens (including phenoxy) is 1. The highest BCUT2D eigenvalue weighted by atomic mass is 79.9. The van der Waals surface area contributed by atoms with Crippen LogP contribution in [0.5, 0.6) is 5.75 Å². The lowest BCUT2D eigenvalue weighted by molar-refractivity contribution is 0.340. The fourth-order valence-electron chi connectivity index (χ4n) is 2.16. The summed E-state index contributed by atoms with van der Waals surface area (Å²) >= 11 is 3.59. The fraction of sp³-hybridized carbons (Fsp3) is 0.294. The average molecular weight is 334 g/mol. The second kappa shape index (κ2) is 6.80. The summed E-state index contributed by atoms with van der Waals surface area (Å²) in [6.45, 7) is 7.71. The van der Waals surface area contributed by atoms with Gasteiger partial charge in [-0.25, -0.2) is 0 Å². The minimum absolute atomic E-state index is 0.696. The molecule has 2 nitrogen and oxygen atoms in total. The summed E-state index contributed by atoms with van der Waals surface area (Å²) in [6, 6.07) is 12.5. The van der Waals surface area contributed by atoms with Crippen LogP contribution in [0.15, 0.2) is 40.9 Å². The van der Waals surface area contributed by atoms with E-state index in [2.05, 4.69) is 59.4 Å². The Labute approximate surface area is 129 Å². The van der Waals surface area contributed by atoms with E-state index in [-0.39, 0.29) is 0 Å². The van der Waals surface area contributed by atoms with Crippen molar-refractivity contribution in [2.45, 2.75) is 27.3 Å². The van der Waals surface area contributed by atoms with Crippen LogP contribution in [0.3, 0.4) is 0 Å². The first kappa shape index (κ1) is 14.9. The summed E-state index contributed by atoms with van der Waals surface area (Å²) in [7, 11) is 0. The summed E-state index contributed by atoms with van der Waals surface area (Å²) in [5, 5.41) is 3.46. The van der Waals surface area contributed by atoms with E-state index >= 15 is 0 Å². The Hall–Kier alpha value is -1.48. The van der Waals surface area contributed by atoms with Crippen LogP contribution >= 0.6 is 15.9 Å². The number of nitrogens with one attached hydrogen (secondary N) is 1. The van der Waals surface area contributed by atoms with Crippen molar-refractivity contribution in [3.05, 3.63) is 57.6 Å². The number of anilines is 1. The van der Waals surface area contributed by atoms with Crippen LogP contribution < -0.4 is 10.1 Å². The highest BCUT2D eigenvalue weighted by Crippen LogP contribution is 2.25. The molecule has 106 valence electrons. The molecule has 0 bridgehead atoms. The standard InChI is InChI=1S/C17H20BrNO/c1-4-20-16-7-5-6-14(10-16)11-19-15-8-12(2)17(18)13(3)9-15/h5-10,19H,4,11H2,1-3H3. The smallest absolute Gasteiger partial charge is 0.119 e. The molecule has 0 saturated heterocycles. The average Bonchev–Trinajstić information content (AvgIpc) is 2.43. The van der Waals surface area contributed by atoms with E-state index in [1.165, 1.54) is 21.2 Å². The molecule has 0 aliphatic carbocycles. The molecular weight excluding hydrogens is 314 g/mol. The van der Waals surface area contributed by atoms with Gasteiger partial charge in [0.1, 0.15) is 5.75 Å². The normalized spacial score (nSPS) is 10.4. The molecule has 0 spiro atoms. The number of hydrogen-bond acceptors (Lipinski definition) is 2. The van der Waals surface area contributed by atoms with Gasteiger partial charge in [0, 0.05) is 16.7 Å². The Bertz CT molecular complexity index is 572. The van der Waals surface area contributed by atoms with Gasteiger partial charge in [-0.2, -0.15) is 0 Å². The number of hydrogen-bond donors (Lipinski definition) is 1. The van der Waals surface area contributed by atoms with E-state index in [0.29, 0.717) is 6.61 Å². The Kier molecular flexibility index (Phi) is 5.07. The third-order valence-electron chi connectivity index (χ3n) is 3.14. The SMILES string of the molecule is CCOc1cccc(CNc2cc(C)c(Br)c(C)c2)c1. The highest BCUT2D eigenvalue weighted by Gasteiger charge is 2.02. The minimum atomic E-state index is 0.696. The van der Waals surface area contributed by atoms with Gasteiger partial charge in [-0.15, -0.1) is 0 Å². The zero-order chi connectivity index (χ0) is 14.5. The molecule has 0 amide bonds. The lowest BCUT2D eigenvalue weighted by Gasteiger charge is -2.11. The molecule has 0 unspecified atom stereocenters. The molecule has 2 rings (SSSR count). The van der Waals surface area contributed by atoms with Gasteiger partial charge in [-0.3, -0.25) is 0 Å². The van der Waals surface area contributed by atoms with Gasteiger partial charge in [-0.1, -0.05) is 28.1 Å². The molecule has 3 heteroatoms. The van der Waals surface area contributed by atoms with Crippen molar-refractivity contribution >= 4 is 21.6 Å². The third kappa shape index (κ3) is 3.76. The van der Waals surface area contributed by atoms with E-state index in [0.717, 1.165) is 18.0 Å². The van der Waals surface area contributed by atoms with Crippen LogP contribution in [-0.4, -0.2) is 6.61 Å². The van der Waals surface area contributed by atoms with Crippen molar-refractivity contribution < 1.29 is 4.74 Å². The summed E-state index contributed by atoms with van der Waals surface area (Å²) in [5.74, 6) is 0.926. The maximum Gasteiger partial charge on any atom is 0.119 e. The Morgan fingerprint density at radius 3 is 2.45 bits per heavy atom. The number of aryl methyl sites for hydroxylation is 2. The lowest BCUT2D eigenvalue weighted by atomic mass is 10.1. The molecule has 0 aliphatic heterocycles. The van der Waals surface area contributed by atoms with Gasteiger partial charge in [0.05, 0.1) is 6.61 Å². The first-order valence-electron chi connectivity index (χ1n) is 6.82. The summed E-state index contributed by atoms with van der Waals surface area (Å²) in [5.41, 5.74) is 4.85. The molecular formula is C17H20BrNO. The predicted molar refractivity (Wildman–Crippen MR) is 88.6 cm³/mol. The van der Waals surface area contributed by atoms with Crippen LogP contribution in [0.2, 0.25) is 0 Å². The Morgan fingerprint density at radius 2 is 1.80 bits per heavy atom. The zero-order valence-corrected chi connectivity index (χ0v) is 13.8. The first-order valence-corrected chi connectivity index (χ1v) is 7.62. The van der Waals surface area contributed by atoms with E-state index < -0.39 is 0 Å². The monoisotopic (exact) mass is 333 g/mol. The Balaban J connectivity index is 2.07. The van der Waals surface area contributed by atoms with Crippen molar-refractivity contribution in [3.63, 3.8) is 0 Å². The molecule has 0 aliphatic rings. The molecule has 1 N–H and O–H groups in total. The molecule has 20 heavy (non-hydrogen) atoms. The molecule has 0 heterocycles. The first-order chi connectivity index (χ1) is 9.60. The second-order valence-electron chi connectivity index (χ2n) is 4.86. The molecule has 2 aromatic rings. The zero-order valence-electron chi connectivity index (χ0n) is 12.2. The number of rotatable bonds is 5. The maximum atomic E-state index is 5.52.